The van der Waals surface area contributed by atoms with Gasteiger partial charge < -0.3 is 20.8 Å². The summed E-state index contributed by atoms with van der Waals surface area (Å²) in [7, 11) is 1.56. The van der Waals surface area contributed by atoms with Crippen molar-refractivity contribution in [3.05, 3.63) is 11.9 Å². The van der Waals surface area contributed by atoms with Crippen molar-refractivity contribution in [2.24, 2.45) is 5.84 Å². The zero-order valence-corrected chi connectivity index (χ0v) is 10.8. The van der Waals surface area contributed by atoms with Crippen LogP contribution in [0.3, 0.4) is 0 Å². The van der Waals surface area contributed by atoms with Crippen LogP contribution in [0.5, 0.6) is 0 Å². The van der Waals surface area contributed by atoms with Crippen LogP contribution in [0.25, 0.3) is 0 Å². The summed E-state index contributed by atoms with van der Waals surface area (Å²) in [6.07, 6.45) is 2.14. The second-order valence-corrected chi connectivity index (χ2v) is 4.33. The largest absolute Gasteiger partial charge is 0.377 e. The summed E-state index contributed by atoms with van der Waals surface area (Å²) in [4.78, 5) is 19.9. The van der Waals surface area contributed by atoms with Gasteiger partial charge in [0, 0.05) is 19.2 Å². The summed E-state index contributed by atoms with van der Waals surface area (Å²) in [5, 5.41) is 5.82. The number of carbonyl (C=O) groups is 1. The molecule has 0 radical (unpaired) electrons. The minimum Gasteiger partial charge on any atom is -0.377 e. The zero-order chi connectivity index (χ0) is 13.7. The summed E-state index contributed by atoms with van der Waals surface area (Å²) in [6, 6.07) is 1.98. The van der Waals surface area contributed by atoms with Gasteiger partial charge in [-0.3, -0.25) is 4.79 Å². The minimum absolute atomic E-state index is 0.0448. The second kappa shape index (κ2) is 6.30. The van der Waals surface area contributed by atoms with Crippen molar-refractivity contribution >= 4 is 17.5 Å². The van der Waals surface area contributed by atoms with Crippen molar-refractivity contribution < 1.29 is 9.53 Å². The molecule has 1 aliphatic carbocycles. The Labute approximate surface area is 111 Å². The van der Waals surface area contributed by atoms with Crippen LogP contribution >= 0.6 is 0 Å². The molecule has 0 bridgehead atoms. The third-order valence-corrected chi connectivity index (χ3v) is 2.57. The van der Waals surface area contributed by atoms with Crippen LogP contribution in [-0.4, -0.2) is 35.6 Å². The lowest BCUT2D eigenvalue weighted by Gasteiger charge is -2.09. The van der Waals surface area contributed by atoms with Gasteiger partial charge in [-0.2, -0.15) is 0 Å². The quantitative estimate of drug-likeness (QED) is 0.392. The van der Waals surface area contributed by atoms with E-state index in [2.05, 4.69) is 26.0 Å². The average Bonchev–Trinajstić information content (AvgIpc) is 3.20. The molecule has 0 spiro atoms. The van der Waals surface area contributed by atoms with Gasteiger partial charge in [0.05, 0.1) is 6.54 Å². The standard InChI is InChI=1S/C11H18N6O2/c1-19-6-10-15-8(4-9(16-10)17-12)13-5-11(18)14-7-2-3-7/h4,7H,2-3,5-6,12H2,1H3,(H,14,18)(H2,13,15,16,17). The van der Waals surface area contributed by atoms with E-state index < -0.39 is 0 Å². The number of ether oxygens (including phenoxy) is 1. The minimum atomic E-state index is -0.0448. The number of methoxy groups -OCH3 is 1. The molecule has 1 amide bonds. The Morgan fingerprint density at radius 2 is 2.21 bits per heavy atom. The van der Waals surface area contributed by atoms with Gasteiger partial charge in [0.2, 0.25) is 5.91 Å². The lowest BCUT2D eigenvalue weighted by atomic mass is 10.4. The number of amides is 1. The maximum atomic E-state index is 11.5. The normalized spacial score (nSPS) is 14.0. The first-order chi connectivity index (χ1) is 9.21. The molecule has 0 aliphatic heterocycles. The van der Waals surface area contributed by atoms with Crippen molar-refractivity contribution in [2.75, 3.05) is 24.4 Å². The number of aromatic nitrogens is 2. The van der Waals surface area contributed by atoms with Gasteiger partial charge in [0.1, 0.15) is 18.2 Å². The summed E-state index contributed by atoms with van der Waals surface area (Å²) < 4.78 is 4.97. The molecule has 0 saturated heterocycles. The maximum absolute atomic E-state index is 11.5. The van der Waals surface area contributed by atoms with Crippen LogP contribution in [0.2, 0.25) is 0 Å². The Kier molecular flexibility index (Phi) is 4.48. The molecule has 19 heavy (non-hydrogen) atoms. The number of hydrazine groups is 1. The molecule has 1 aromatic rings. The third kappa shape index (κ3) is 4.34. The number of hydrogen-bond donors (Lipinski definition) is 4. The summed E-state index contributed by atoms with van der Waals surface area (Å²) in [6.45, 7) is 0.447. The van der Waals surface area contributed by atoms with Crippen LogP contribution in [0, 0.1) is 0 Å². The van der Waals surface area contributed by atoms with Crippen molar-refractivity contribution in [3.8, 4) is 0 Å². The van der Waals surface area contributed by atoms with Crippen LogP contribution in [-0.2, 0) is 16.1 Å². The van der Waals surface area contributed by atoms with E-state index >= 15 is 0 Å². The number of carbonyl (C=O) groups excluding carboxylic acids is 1. The Morgan fingerprint density at radius 3 is 2.84 bits per heavy atom. The second-order valence-electron chi connectivity index (χ2n) is 4.33. The average molecular weight is 266 g/mol. The first-order valence-corrected chi connectivity index (χ1v) is 6.08. The van der Waals surface area contributed by atoms with E-state index in [9.17, 15) is 4.79 Å². The molecule has 2 rings (SSSR count). The van der Waals surface area contributed by atoms with E-state index in [0.29, 0.717) is 23.5 Å². The fraction of sp³-hybridized carbons (Fsp3) is 0.545. The number of hydrogen-bond acceptors (Lipinski definition) is 7. The molecular formula is C11H18N6O2. The number of nitrogen functional groups attached to an aromatic ring is 1. The number of rotatable bonds is 7. The van der Waals surface area contributed by atoms with Crippen molar-refractivity contribution in [2.45, 2.75) is 25.5 Å². The molecule has 1 heterocycles. The molecular weight excluding hydrogens is 248 g/mol. The number of anilines is 2. The van der Waals surface area contributed by atoms with E-state index in [1.165, 1.54) is 0 Å². The maximum Gasteiger partial charge on any atom is 0.239 e. The molecule has 1 aliphatic rings. The van der Waals surface area contributed by atoms with Gasteiger partial charge >= 0.3 is 0 Å². The Balaban J connectivity index is 1.93. The van der Waals surface area contributed by atoms with Gasteiger partial charge in [-0.25, -0.2) is 15.8 Å². The highest BCUT2D eigenvalue weighted by Crippen LogP contribution is 2.18. The molecule has 104 valence electrons. The predicted molar refractivity (Wildman–Crippen MR) is 70.2 cm³/mol. The topological polar surface area (TPSA) is 114 Å². The van der Waals surface area contributed by atoms with E-state index in [-0.39, 0.29) is 19.1 Å². The highest BCUT2D eigenvalue weighted by molar-refractivity contribution is 5.81. The molecule has 5 N–H and O–H groups in total. The summed E-state index contributed by atoms with van der Waals surface area (Å²) >= 11 is 0. The SMILES string of the molecule is COCc1nc(NN)cc(NCC(=O)NC2CC2)n1. The fourth-order valence-electron chi connectivity index (χ4n) is 1.53. The third-order valence-electron chi connectivity index (χ3n) is 2.57. The van der Waals surface area contributed by atoms with Crippen LogP contribution in [0.15, 0.2) is 6.07 Å². The Hall–Kier alpha value is -1.93. The molecule has 1 fully saturated rings. The van der Waals surface area contributed by atoms with E-state index in [4.69, 9.17) is 10.6 Å². The van der Waals surface area contributed by atoms with Crippen molar-refractivity contribution in [1.82, 2.24) is 15.3 Å². The lowest BCUT2D eigenvalue weighted by Crippen LogP contribution is -2.31. The van der Waals surface area contributed by atoms with Gasteiger partial charge in [0.25, 0.3) is 0 Å². The molecule has 8 nitrogen and oxygen atoms in total. The van der Waals surface area contributed by atoms with Gasteiger partial charge in [-0.1, -0.05) is 0 Å². The number of nitrogens with zero attached hydrogens (tertiary/aromatic N) is 2. The molecule has 0 atom stereocenters. The lowest BCUT2D eigenvalue weighted by molar-refractivity contribution is -0.119. The Bertz CT molecular complexity index is 449. The highest BCUT2D eigenvalue weighted by atomic mass is 16.5. The predicted octanol–water partition coefficient (Wildman–Crippen LogP) is -0.401. The molecule has 0 unspecified atom stereocenters. The van der Waals surface area contributed by atoms with E-state index in [1.807, 2.05) is 0 Å². The number of nitrogens with one attached hydrogen (secondary N) is 3. The van der Waals surface area contributed by atoms with Crippen molar-refractivity contribution in [1.29, 1.82) is 0 Å². The molecule has 1 saturated carbocycles. The van der Waals surface area contributed by atoms with Crippen LogP contribution in [0.4, 0.5) is 11.6 Å². The highest BCUT2D eigenvalue weighted by Gasteiger charge is 2.22. The first-order valence-electron chi connectivity index (χ1n) is 6.08. The fourth-order valence-corrected chi connectivity index (χ4v) is 1.53. The molecule has 1 aromatic heterocycles. The molecule has 0 aromatic carbocycles. The Morgan fingerprint density at radius 1 is 1.47 bits per heavy atom. The summed E-state index contributed by atoms with van der Waals surface area (Å²) in [5.41, 5.74) is 2.45. The van der Waals surface area contributed by atoms with Gasteiger partial charge in [0.15, 0.2) is 5.82 Å². The van der Waals surface area contributed by atoms with Crippen LogP contribution < -0.4 is 21.9 Å². The molecule has 8 heteroatoms. The van der Waals surface area contributed by atoms with E-state index in [0.717, 1.165) is 12.8 Å². The summed E-state index contributed by atoms with van der Waals surface area (Å²) in [5.74, 6) is 6.76. The van der Waals surface area contributed by atoms with Crippen molar-refractivity contribution in [3.63, 3.8) is 0 Å². The van der Waals surface area contributed by atoms with E-state index in [1.54, 1.807) is 13.2 Å². The smallest absolute Gasteiger partial charge is 0.239 e. The number of nitrogens with two attached hydrogens (primary N) is 1. The van der Waals surface area contributed by atoms with Gasteiger partial charge in [-0.05, 0) is 12.8 Å². The van der Waals surface area contributed by atoms with Gasteiger partial charge in [-0.15, -0.1) is 0 Å². The first kappa shape index (κ1) is 13.5. The monoisotopic (exact) mass is 266 g/mol. The van der Waals surface area contributed by atoms with Crippen LogP contribution in [0.1, 0.15) is 18.7 Å². The zero-order valence-electron chi connectivity index (χ0n) is 10.8.